The van der Waals surface area contributed by atoms with Crippen molar-refractivity contribution >= 4 is 46.1 Å². The van der Waals surface area contributed by atoms with E-state index >= 15 is 0 Å². The van der Waals surface area contributed by atoms with Crippen LogP contribution in [0.15, 0.2) is 54.6 Å². The van der Waals surface area contributed by atoms with Gasteiger partial charge >= 0.3 is 6.18 Å². The van der Waals surface area contributed by atoms with E-state index in [1.165, 1.54) is 12.1 Å². The average Bonchev–Trinajstić information content (AvgIpc) is 2.62. The lowest BCUT2D eigenvalue weighted by atomic mass is 10.1. The van der Waals surface area contributed by atoms with Gasteiger partial charge in [0.05, 0.1) is 5.56 Å². The summed E-state index contributed by atoms with van der Waals surface area (Å²) in [6, 6.07) is 13.1. The van der Waals surface area contributed by atoms with Gasteiger partial charge in [0, 0.05) is 16.7 Å². The third kappa shape index (κ3) is 13.2. The molecule has 4 nitrogen and oxygen atoms in total. The van der Waals surface area contributed by atoms with E-state index in [2.05, 4.69) is 5.43 Å². The summed E-state index contributed by atoms with van der Waals surface area (Å²) >= 11 is 10.1. The zero-order chi connectivity index (χ0) is 22.0. The summed E-state index contributed by atoms with van der Waals surface area (Å²) in [4.78, 5) is 21.0. The molecule has 10 heteroatoms. The molecule has 2 rings (SSSR count). The monoisotopic (exact) mass is 472 g/mol. The van der Waals surface area contributed by atoms with Gasteiger partial charge in [-0.3, -0.25) is 20.9 Å². The van der Waals surface area contributed by atoms with Crippen LogP contribution in [-0.4, -0.2) is 16.0 Å². The van der Waals surface area contributed by atoms with Crippen LogP contribution in [0.5, 0.6) is 0 Å². The SMILES string of the molecule is CC(C)(C)NN.Cl.O=C(Cl)c1ccccc1.O=C(Cl)c1ccccc1C(F)(F)F. The summed E-state index contributed by atoms with van der Waals surface area (Å²) in [6.07, 6.45) is -4.54. The van der Waals surface area contributed by atoms with Crippen molar-refractivity contribution in [1.29, 1.82) is 0 Å². The summed E-state index contributed by atoms with van der Waals surface area (Å²) in [7, 11) is 0. The molecule has 2 aromatic rings. The van der Waals surface area contributed by atoms with Gasteiger partial charge in [0.15, 0.2) is 0 Å². The summed E-state index contributed by atoms with van der Waals surface area (Å²) in [6.45, 7) is 6.02. The molecule has 0 radical (unpaired) electrons. The number of hydrogen-bond acceptors (Lipinski definition) is 4. The largest absolute Gasteiger partial charge is 0.417 e. The van der Waals surface area contributed by atoms with Crippen LogP contribution in [0.4, 0.5) is 13.2 Å². The molecule has 0 heterocycles. The second-order valence-electron chi connectivity index (χ2n) is 6.35. The van der Waals surface area contributed by atoms with E-state index in [9.17, 15) is 22.8 Å². The van der Waals surface area contributed by atoms with E-state index in [1.807, 2.05) is 26.8 Å². The number of benzene rings is 2. The van der Waals surface area contributed by atoms with Gasteiger partial charge in [0.25, 0.3) is 10.5 Å². The van der Waals surface area contributed by atoms with Crippen LogP contribution in [0.3, 0.4) is 0 Å². The number of nitrogens with two attached hydrogens (primary N) is 1. The second kappa shape index (κ2) is 13.6. The fourth-order valence-corrected chi connectivity index (χ4v) is 1.76. The Balaban J connectivity index is 0. The molecule has 0 saturated carbocycles. The summed E-state index contributed by atoms with van der Waals surface area (Å²) < 4.78 is 36.6. The minimum atomic E-state index is -4.54. The van der Waals surface area contributed by atoms with Crippen molar-refractivity contribution in [2.45, 2.75) is 32.5 Å². The summed E-state index contributed by atoms with van der Waals surface area (Å²) in [5.74, 6) is 5.06. The highest BCUT2D eigenvalue weighted by molar-refractivity contribution is 6.68. The van der Waals surface area contributed by atoms with Gasteiger partial charge in [-0.15, -0.1) is 12.4 Å². The first-order valence-electron chi connectivity index (χ1n) is 7.88. The first-order valence-corrected chi connectivity index (χ1v) is 8.64. The zero-order valence-corrected chi connectivity index (χ0v) is 18.2. The standard InChI is InChI=1S/C8H4ClF3O.C7H5ClO.C4H12N2.ClH/c9-7(13)5-3-1-2-4-6(5)8(10,11)12;8-7(9)6-4-2-1-3-5-6;1-4(2,3)6-5;/h1-4H;1-5H;6H,5H2,1-3H3;1H. The Labute approximate surface area is 183 Å². The number of halogens is 6. The van der Waals surface area contributed by atoms with E-state index in [4.69, 9.17) is 29.0 Å². The summed E-state index contributed by atoms with van der Waals surface area (Å²) in [5.41, 5.74) is 1.69. The van der Waals surface area contributed by atoms with Crippen LogP contribution in [0.25, 0.3) is 0 Å². The van der Waals surface area contributed by atoms with Gasteiger partial charge in [-0.25, -0.2) is 0 Å². The van der Waals surface area contributed by atoms with Gasteiger partial charge in [-0.2, -0.15) is 13.2 Å². The number of carbonyl (C=O) groups excluding carboxylic acids is 2. The Kier molecular flexibility index (Phi) is 13.8. The molecule has 0 aliphatic carbocycles. The molecular formula is C19H22Cl3F3N2O2. The maximum atomic E-state index is 12.2. The minimum Gasteiger partial charge on any atom is -0.276 e. The Morgan fingerprint density at radius 1 is 0.862 bits per heavy atom. The smallest absolute Gasteiger partial charge is 0.276 e. The normalized spacial score (nSPS) is 10.4. The van der Waals surface area contributed by atoms with Crippen molar-refractivity contribution in [3.8, 4) is 0 Å². The van der Waals surface area contributed by atoms with Gasteiger partial charge < -0.3 is 0 Å². The Morgan fingerprint density at radius 2 is 1.28 bits per heavy atom. The highest BCUT2D eigenvalue weighted by Crippen LogP contribution is 2.32. The second-order valence-corrected chi connectivity index (χ2v) is 7.04. The molecule has 0 saturated heterocycles. The molecule has 0 spiro atoms. The third-order valence-corrected chi connectivity index (χ3v) is 3.30. The lowest BCUT2D eigenvalue weighted by molar-refractivity contribution is -0.137. The average molecular weight is 474 g/mol. The number of hydrogen-bond donors (Lipinski definition) is 2. The molecule has 3 N–H and O–H groups in total. The van der Waals surface area contributed by atoms with Crippen molar-refractivity contribution in [3.63, 3.8) is 0 Å². The minimum absolute atomic E-state index is 0. The topological polar surface area (TPSA) is 72.2 Å². The first kappa shape index (κ1) is 29.6. The van der Waals surface area contributed by atoms with Crippen molar-refractivity contribution in [2.24, 2.45) is 5.84 Å². The fraction of sp³-hybridized carbons (Fsp3) is 0.263. The Hall–Kier alpha value is -1.64. The number of nitrogens with one attached hydrogen (secondary N) is 1. The Morgan fingerprint density at radius 3 is 1.55 bits per heavy atom. The molecule has 0 atom stereocenters. The maximum absolute atomic E-state index is 12.2. The molecule has 0 unspecified atom stereocenters. The highest BCUT2D eigenvalue weighted by Gasteiger charge is 2.34. The van der Waals surface area contributed by atoms with Gasteiger partial charge in [0.1, 0.15) is 0 Å². The lowest BCUT2D eigenvalue weighted by Crippen LogP contribution is -2.41. The van der Waals surface area contributed by atoms with E-state index in [0.717, 1.165) is 12.1 Å². The molecule has 29 heavy (non-hydrogen) atoms. The number of hydrazine groups is 1. The number of alkyl halides is 3. The molecule has 2 aromatic carbocycles. The highest BCUT2D eigenvalue weighted by atomic mass is 35.5. The molecule has 0 aromatic heterocycles. The Bertz CT molecular complexity index is 765. The molecule has 0 amide bonds. The van der Waals surface area contributed by atoms with Crippen molar-refractivity contribution in [3.05, 3.63) is 71.3 Å². The molecule has 0 aliphatic heterocycles. The van der Waals surface area contributed by atoms with E-state index < -0.39 is 27.8 Å². The lowest BCUT2D eigenvalue weighted by Gasteiger charge is -2.14. The van der Waals surface area contributed by atoms with Crippen LogP contribution in [0.1, 0.15) is 47.1 Å². The quantitative estimate of drug-likeness (QED) is 0.327. The van der Waals surface area contributed by atoms with Gasteiger partial charge in [-0.05, 0) is 56.1 Å². The van der Waals surface area contributed by atoms with Crippen molar-refractivity contribution < 1.29 is 22.8 Å². The maximum Gasteiger partial charge on any atom is 0.417 e. The van der Waals surface area contributed by atoms with Crippen LogP contribution in [0, 0.1) is 0 Å². The van der Waals surface area contributed by atoms with E-state index in [0.29, 0.717) is 5.56 Å². The van der Waals surface area contributed by atoms with Crippen LogP contribution >= 0.6 is 35.6 Å². The van der Waals surface area contributed by atoms with Crippen molar-refractivity contribution in [2.75, 3.05) is 0 Å². The van der Waals surface area contributed by atoms with Crippen LogP contribution in [-0.2, 0) is 6.18 Å². The van der Waals surface area contributed by atoms with Crippen molar-refractivity contribution in [1.82, 2.24) is 5.43 Å². The molecular weight excluding hydrogens is 452 g/mol. The zero-order valence-electron chi connectivity index (χ0n) is 15.9. The van der Waals surface area contributed by atoms with Gasteiger partial charge in [0.2, 0.25) is 0 Å². The van der Waals surface area contributed by atoms with Crippen LogP contribution < -0.4 is 11.3 Å². The van der Waals surface area contributed by atoms with Gasteiger partial charge in [-0.1, -0.05) is 42.5 Å². The third-order valence-electron chi connectivity index (χ3n) is 2.88. The number of carbonyl (C=O) groups is 2. The summed E-state index contributed by atoms with van der Waals surface area (Å²) in [5, 5.41) is -1.51. The number of rotatable bonds is 2. The van der Waals surface area contributed by atoms with E-state index in [-0.39, 0.29) is 17.9 Å². The molecule has 162 valence electrons. The predicted octanol–water partition coefficient (Wildman–Crippen LogP) is 5.82. The molecule has 0 bridgehead atoms. The fourth-order valence-electron chi connectivity index (χ4n) is 1.47. The molecule has 0 fully saturated rings. The molecule has 0 aliphatic rings. The van der Waals surface area contributed by atoms with E-state index in [1.54, 1.807) is 24.3 Å². The predicted molar refractivity (Wildman–Crippen MR) is 113 cm³/mol. The first-order chi connectivity index (χ1) is 12.8. The van der Waals surface area contributed by atoms with Crippen LogP contribution in [0.2, 0.25) is 0 Å².